The molecule has 0 aromatic heterocycles. The highest BCUT2D eigenvalue weighted by Gasteiger charge is 2.33. The van der Waals surface area contributed by atoms with Gasteiger partial charge in [0, 0.05) is 24.8 Å². The Kier molecular flexibility index (Phi) is 7.81. The van der Waals surface area contributed by atoms with Gasteiger partial charge in [-0.1, -0.05) is 6.42 Å². The van der Waals surface area contributed by atoms with Crippen LogP contribution in [0, 0.1) is 5.82 Å². The van der Waals surface area contributed by atoms with Crippen molar-refractivity contribution in [2.24, 2.45) is 0 Å². The quantitative estimate of drug-likeness (QED) is 0.614. The average molecular weight is 464 g/mol. The van der Waals surface area contributed by atoms with Gasteiger partial charge in [0.1, 0.15) is 11.6 Å². The Balaban J connectivity index is 1.57. The number of ether oxygens (including phenoxy) is 1. The number of halogens is 1. The number of anilines is 1. The third kappa shape index (κ3) is 5.83. The second-order valence-corrected chi connectivity index (χ2v) is 9.34. The van der Waals surface area contributed by atoms with Crippen molar-refractivity contribution in [3.8, 4) is 5.75 Å². The van der Waals surface area contributed by atoms with Crippen LogP contribution >= 0.6 is 0 Å². The van der Waals surface area contributed by atoms with Crippen molar-refractivity contribution >= 4 is 27.5 Å². The van der Waals surface area contributed by atoms with Crippen molar-refractivity contribution in [1.29, 1.82) is 0 Å². The summed E-state index contributed by atoms with van der Waals surface area (Å²) in [6.07, 6.45) is 2.70. The van der Waals surface area contributed by atoms with E-state index >= 15 is 0 Å². The van der Waals surface area contributed by atoms with Gasteiger partial charge in [-0.3, -0.25) is 9.59 Å². The number of hydrogen-bond donors (Lipinski definition) is 2. The van der Waals surface area contributed by atoms with Gasteiger partial charge in [-0.25, -0.2) is 12.8 Å². The molecule has 1 saturated heterocycles. The van der Waals surface area contributed by atoms with Crippen molar-refractivity contribution in [1.82, 2.24) is 9.62 Å². The van der Waals surface area contributed by atoms with Crippen LogP contribution in [0.2, 0.25) is 0 Å². The van der Waals surface area contributed by atoms with Crippen LogP contribution in [0.4, 0.5) is 10.1 Å². The van der Waals surface area contributed by atoms with Gasteiger partial charge in [-0.15, -0.1) is 0 Å². The molecule has 0 radical (unpaired) electrons. The summed E-state index contributed by atoms with van der Waals surface area (Å²) in [5.74, 6) is -1.59. The summed E-state index contributed by atoms with van der Waals surface area (Å²) in [7, 11) is -2.18. The molecule has 1 atom stereocenters. The van der Waals surface area contributed by atoms with Crippen LogP contribution in [0.1, 0.15) is 25.7 Å². The molecule has 1 fully saturated rings. The molecular formula is C22H26FN3O5S. The van der Waals surface area contributed by atoms with Gasteiger partial charge >= 0.3 is 11.8 Å². The van der Waals surface area contributed by atoms with Gasteiger partial charge in [-0.05, 0) is 67.8 Å². The lowest BCUT2D eigenvalue weighted by molar-refractivity contribution is -0.136. The van der Waals surface area contributed by atoms with Crippen molar-refractivity contribution < 1.29 is 27.1 Å². The first kappa shape index (κ1) is 23.7. The van der Waals surface area contributed by atoms with Crippen LogP contribution < -0.4 is 15.4 Å². The Morgan fingerprint density at radius 2 is 1.75 bits per heavy atom. The highest BCUT2D eigenvalue weighted by Crippen LogP contribution is 2.27. The number of rotatable bonds is 7. The number of nitrogens with one attached hydrogen (secondary N) is 2. The van der Waals surface area contributed by atoms with E-state index in [0.717, 1.165) is 12.8 Å². The summed E-state index contributed by atoms with van der Waals surface area (Å²) in [6.45, 7) is 0.549. The fourth-order valence-electron chi connectivity index (χ4n) is 3.62. The molecule has 0 aliphatic carbocycles. The smallest absolute Gasteiger partial charge is 0.313 e. The summed E-state index contributed by atoms with van der Waals surface area (Å²) in [6, 6.07) is 11.0. The van der Waals surface area contributed by atoms with E-state index in [-0.39, 0.29) is 17.5 Å². The molecule has 32 heavy (non-hydrogen) atoms. The number of sulfonamides is 1. The lowest BCUT2D eigenvalue weighted by Crippen LogP contribution is -2.45. The zero-order valence-electron chi connectivity index (χ0n) is 17.7. The van der Waals surface area contributed by atoms with E-state index in [2.05, 4.69) is 10.6 Å². The van der Waals surface area contributed by atoms with E-state index in [1.807, 2.05) is 0 Å². The molecule has 2 aromatic rings. The summed E-state index contributed by atoms with van der Waals surface area (Å²) in [5, 5.41) is 4.91. The molecule has 2 aromatic carbocycles. The molecule has 1 heterocycles. The highest BCUT2D eigenvalue weighted by molar-refractivity contribution is 7.89. The molecular weight excluding hydrogens is 437 g/mol. The maximum absolute atomic E-state index is 13.1. The number of carbonyl (C=O) groups excluding carboxylic acids is 2. The van der Waals surface area contributed by atoms with Gasteiger partial charge in [0.05, 0.1) is 12.0 Å². The number of hydrogen-bond acceptors (Lipinski definition) is 5. The largest absolute Gasteiger partial charge is 0.497 e. The standard InChI is InChI=1S/C22H26FN3O5S/c1-31-19-9-11-20(12-10-19)32(29,30)26-15-3-2-4-18(26)13-14-24-21(27)22(28)25-17-7-5-16(23)6-8-17/h5-12,18H,2-4,13-15H2,1H3,(H,24,27)(H,25,28)/t18-/m0/s1. The van der Waals surface area contributed by atoms with Gasteiger partial charge in [-0.2, -0.15) is 4.31 Å². The van der Waals surface area contributed by atoms with E-state index in [9.17, 15) is 22.4 Å². The maximum Gasteiger partial charge on any atom is 0.313 e. The molecule has 172 valence electrons. The topological polar surface area (TPSA) is 105 Å². The average Bonchev–Trinajstić information content (AvgIpc) is 2.80. The predicted molar refractivity (Wildman–Crippen MR) is 117 cm³/mol. The Bertz CT molecular complexity index is 1040. The van der Waals surface area contributed by atoms with E-state index in [1.165, 1.54) is 47.8 Å². The molecule has 2 N–H and O–H groups in total. The Morgan fingerprint density at radius 1 is 1.06 bits per heavy atom. The fourth-order valence-corrected chi connectivity index (χ4v) is 5.34. The second-order valence-electron chi connectivity index (χ2n) is 7.45. The first-order valence-corrected chi connectivity index (χ1v) is 11.8. The maximum atomic E-state index is 13.1. The summed E-state index contributed by atoms with van der Waals surface area (Å²) < 4.78 is 45.8. The molecule has 0 unspecified atom stereocenters. The van der Waals surface area contributed by atoms with Crippen LogP contribution in [-0.2, 0) is 19.6 Å². The summed E-state index contributed by atoms with van der Waals surface area (Å²) in [5.41, 5.74) is 0.301. The molecule has 10 heteroatoms. The monoisotopic (exact) mass is 463 g/mol. The van der Waals surface area contributed by atoms with Gasteiger partial charge in [0.25, 0.3) is 0 Å². The molecule has 8 nitrogen and oxygen atoms in total. The number of amides is 2. The minimum absolute atomic E-state index is 0.148. The van der Waals surface area contributed by atoms with Crippen LogP contribution in [0.25, 0.3) is 0 Å². The van der Waals surface area contributed by atoms with Crippen molar-refractivity contribution in [3.05, 3.63) is 54.3 Å². The number of methoxy groups -OCH3 is 1. The lowest BCUT2D eigenvalue weighted by atomic mass is 10.0. The van der Waals surface area contributed by atoms with E-state index in [0.29, 0.717) is 30.8 Å². The number of nitrogens with zero attached hydrogens (tertiary/aromatic N) is 1. The fraction of sp³-hybridized carbons (Fsp3) is 0.364. The van der Waals surface area contributed by atoms with E-state index < -0.39 is 27.7 Å². The van der Waals surface area contributed by atoms with Crippen LogP contribution in [-0.4, -0.2) is 50.8 Å². The molecule has 0 saturated carbocycles. The van der Waals surface area contributed by atoms with Gasteiger partial charge < -0.3 is 15.4 Å². The second kappa shape index (κ2) is 10.6. The van der Waals surface area contributed by atoms with Crippen molar-refractivity contribution in [2.45, 2.75) is 36.6 Å². The zero-order chi connectivity index (χ0) is 23.1. The van der Waals surface area contributed by atoms with E-state index in [1.54, 1.807) is 12.1 Å². The first-order chi connectivity index (χ1) is 15.3. The minimum Gasteiger partial charge on any atom is -0.497 e. The molecule has 0 bridgehead atoms. The van der Waals surface area contributed by atoms with Crippen LogP contribution in [0.15, 0.2) is 53.4 Å². The minimum atomic E-state index is -3.69. The zero-order valence-corrected chi connectivity index (χ0v) is 18.5. The Hall–Kier alpha value is -2.98. The summed E-state index contributed by atoms with van der Waals surface area (Å²) in [4.78, 5) is 24.3. The molecule has 1 aliphatic heterocycles. The number of piperidine rings is 1. The molecule has 0 spiro atoms. The SMILES string of the molecule is COc1ccc(S(=O)(=O)N2CCCC[C@H]2CCNC(=O)C(=O)Nc2ccc(F)cc2)cc1. The van der Waals surface area contributed by atoms with Crippen LogP contribution in [0.3, 0.4) is 0 Å². The molecule has 3 rings (SSSR count). The van der Waals surface area contributed by atoms with Gasteiger partial charge in [0.15, 0.2) is 0 Å². The van der Waals surface area contributed by atoms with E-state index in [4.69, 9.17) is 4.74 Å². The normalized spacial score (nSPS) is 16.9. The van der Waals surface area contributed by atoms with Crippen LogP contribution in [0.5, 0.6) is 5.75 Å². The number of carbonyl (C=O) groups is 2. The third-order valence-electron chi connectivity index (χ3n) is 5.31. The number of benzene rings is 2. The highest BCUT2D eigenvalue weighted by atomic mass is 32.2. The van der Waals surface area contributed by atoms with Crippen molar-refractivity contribution in [3.63, 3.8) is 0 Å². The Morgan fingerprint density at radius 3 is 2.41 bits per heavy atom. The lowest BCUT2D eigenvalue weighted by Gasteiger charge is -2.34. The third-order valence-corrected chi connectivity index (χ3v) is 7.28. The first-order valence-electron chi connectivity index (χ1n) is 10.3. The Labute approximate surface area is 186 Å². The predicted octanol–water partition coefficient (Wildman–Crippen LogP) is 2.52. The van der Waals surface area contributed by atoms with Crippen molar-refractivity contribution in [2.75, 3.05) is 25.5 Å². The molecule has 2 amide bonds. The molecule has 1 aliphatic rings. The van der Waals surface area contributed by atoms with Gasteiger partial charge in [0.2, 0.25) is 10.0 Å². The summed E-state index contributed by atoms with van der Waals surface area (Å²) >= 11 is 0.